The molecule has 0 spiro atoms. The number of hydrogen-bond acceptors (Lipinski definition) is 3. The average molecular weight is 259 g/mol. The van der Waals surface area contributed by atoms with Crippen molar-refractivity contribution in [2.45, 2.75) is 19.5 Å². The van der Waals surface area contributed by atoms with Crippen molar-refractivity contribution in [3.8, 4) is 0 Å². The third kappa shape index (κ3) is 4.15. The molecule has 92 valence electrons. The molecular weight excluding hydrogens is 247 g/mol. The van der Waals surface area contributed by atoms with E-state index in [9.17, 15) is 14.0 Å². The second kappa shape index (κ2) is 6.35. The molecule has 0 amide bonds. The Labute approximate surface area is 104 Å². The number of ketones is 1. The van der Waals surface area contributed by atoms with Crippen LogP contribution in [-0.2, 0) is 20.7 Å². The monoisotopic (exact) mass is 258 g/mol. The van der Waals surface area contributed by atoms with E-state index in [1.54, 1.807) is 31.2 Å². The summed E-state index contributed by atoms with van der Waals surface area (Å²) in [6, 6.07) is 6.42. The molecule has 1 aromatic rings. The topological polar surface area (TPSA) is 43.4 Å². The van der Waals surface area contributed by atoms with Gasteiger partial charge in [-0.15, -0.1) is 0 Å². The first-order valence-electron chi connectivity index (χ1n) is 5.12. The number of carbonyl (C=O) groups is 2. The number of esters is 1. The summed E-state index contributed by atoms with van der Waals surface area (Å²) in [5, 5.41) is 0.531. The molecule has 1 aromatic carbocycles. The van der Waals surface area contributed by atoms with Gasteiger partial charge in [-0.1, -0.05) is 23.7 Å². The van der Waals surface area contributed by atoms with Crippen molar-refractivity contribution in [1.29, 1.82) is 0 Å². The highest BCUT2D eigenvalue weighted by atomic mass is 35.5. The maximum absolute atomic E-state index is 13.3. The lowest BCUT2D eigenvalue weighted by Gasteiger charge is -2.06. The molecule has 0 aliphatic rings. The van der Waals surface area contributed by atoms with Gasteiger partial charge in [-0.25, -0.2) is 9.18 Å². The fourth-order valence-corrected chi connectivity index (χ4v) is 1.37. The number of halogens is 2. The SMILES string of the molecule is CCOC(=O)[C@@H](F)C(=O)Cc1ccc(Cl)cc1. The van der Waals surface area contributed by atoms with Crippen LogP contribution in [0.1, 0.15) is 12.5 Å². The second-order valence-corrected chi connectivity index (χ2v) is 3.82. The predicted molar refractivity (Wildman–Crippen MR) is 61.7 cm³/mol. The molecule has 0 saturated heterocycles. The van der Waals surface area contributed by atoms with Crippen molar-refractivity contribution in [3.05, 3.63) is 34.9 Å². The molecule has 1 rings (SSSR count). The summed E-state index contributed by atoms with van der Waals surface area (Å²) < 4.78 is 17.7. The predicted octanol–water partition coefficient (Wildman–Crippen LogP) is 2.35. The van der Waals surface area contributed by atoms with Gasteiger partial charge in [0.1, 0.15) is 0 Å². The summed E-state index contributed by atoms with van der Waals surface area (Å²) in [5.41, 5.74) is 0.603. The van der Waals surface area contributed by atoms with Crippen LogP contribution in [0.15, 0.2) is 24.3 Å². The number of hydrogen-bond donors (Lipinski definition) is 0. The van der Waals surface area contributed by atoms with Crippen LogP contribution in [-0.4, -0.2) is 24.5 Å². The third-order valence-corrected chi connectivity index (χ3v) is 2.32. The van der Waals surface area contributed by atoms with E-state index in [2.05, 4.69) is 4.74 Å². The largest absolute Gasteiger partial charge is 0.463 e. The van der Waals surface area contributed by atoms with Gasteiger partial charge >= 0.3 is 5.97 Å². The molecule has 1 atom stereocenters. The van der Waals surface area contributed by atoms with Gasteiger partial charge in [0.05, 0.1) is 6.61 Å². The van der Waals surface area contributed by atoms with Crippen LogP contribution in [0.25, 0.3) is 0 Å². The molecule has 0 aromatic heterocycles. The quantitative estimate of drug-likeness (QED) is 0.601. The standard InChI is InChI=1S/C12H12ClFO3/c1-2-17-12(16)11(14)10(15)7-8-3-5-9(13)6-4-8/h3-6,11H,2,7H2,1H3/t11-/m0/s1. The summed E-state index contributed by atoms with van der Waals surface area (Å²) in [4.78, 5) is 22.4. The Kier molecular flexibility index (Phi) is 5.10. The van der Waals surface area contributed by atoms with Crippen LogP contribution in [0.3, 0.4) is 0 Å². The van der Waals surface area contributed by atoms with Crippen molar-refractivity contribution < 1.29 is 18.7 Å². The normalized spacial score (nSPS) is 11.9. The van der Waals surface area contributed by atoms with E-state index < -0.39 is 17.9 Å². The van der Waals surface area contributed by atoms with Gasteiger partial charge in [-0.05, 0) is 24.6 Å². The molecule has 3 nitrogen and oxygen atoms in total. The van der Waals surface area contributed by atoms with Gasteiger partial charge < -0.3 is 4.74 Å². The number of benzene rings is 1. The lowest BCUT2D eigenvalue weighted by Crippen LogP contribution is -2.29. The highest BCUT2D eigenvalue weighted by molar-refractivity contribution is 6.30. The average Bonchev–Trinajstić information content (AvgIpc) is 2.31. The Morgan fingerprint density at radius 1 is 1.35 bits per heavy atom. The molecule has 0 aliphatic heterocycles. The lowest BCUT2D eigenvalue weighted by atomic mass is 10.1. The lowest BCUT2D eigenvalue weighted by molar-refractivity contribution is -0.152. The zero-order valence-corrected chi connectivity index (χ0v) is 10.0. The first-order valence-corrected chi connectivity index (χ1v) is 5.50. The van der Waals surface area contributed by atoms with Crippen LogP contribution in [0.4, 0.5) is 4.39 Å². The molecule has 0 radical (unpaired) electrons. The van der Waals surface area contributed by atoms with Crippen LogP contribution in [0, 0.1) is 0 Å². The van der Waals surface area contributed by atoms with Crippen LogP contribution in [0.5, 0.6) is 0 Å². The van der Waals surface area contributed by atoms with Crippen LogP contribution < -0.4 is 0 Å². The fourth-order valence-electron chi connectivity index (χ4n) is 1.24. The number of Topliss-reactive ketones (excluding diaryl/α,β-unsaturated/α-hetero) is 1. The Hall–Kier alpha value is -1.42. The van der Waals surface area contributed by atoms with E-state index in [1.807, 2.05) is 0 Å². The Morgan fingerprint density at radius 2 is 1.94 bits per heavy atom. The Bertz CT molecular complexity index is 403. The van der Waals surface area contributed by atoms with E-state index in [4.69, 9.17) is 11.6 Å². The molecule has 5 heteroatoms. The van der Waals surface area contributed by atoms with E-state index >= 15 is 0 Å². The van der Waals surface area contributed by atoms with Gasteiger partial charge in [0.25, 0.3) is 6.17 Å². The molecule has 17 heavy (non-hydrogen) atoms. The van der Waals surface area contributed by atoms with Crippen molar-refractivity contribution in [2.24, 2.45) is 0 Å². The highest BCUT2D eigenvalue weighted by Gasteiger charge is 2.26. The highest BCUT2D eigenvalue weighted by Crippen LogP contribution is 2.11. The van der Waals surface area contributed by atoms with E-state index in [1.165, 1.54) is 0 Å². The molecule has 0 bridgehead atoms. The first-order chi connectivity index (χ1) is 8.04. The number of rotatable bonds is 5. The van der Waals surface area contributed by atoms with E-state index in [0.717, 1.165) is 0 Å². The van der Waals surface area contributed by atoms with Gasteiger partial charge in [-0.2, -0.15) is 0 Å². The molecule has 0 aliphatic carbocycles. The van der Waals surface area contributed by atoms with Crippen LogP contribution >= 0.6 is 11.6 Å². The van der Waals surface area contributed by atoms with Gasteiger partial charge in [-0.3, -0.25) is 4.79 Å². The maximum atomic E-state index is 13.3. The molecule has 0 N–H and O–H groups in total. The minimum Gasteiger partial charge on any atom is -0.463 e. The van der Waals surface area contributed by atoms with E-state index in [0.29, 0.717) is 10.6 Å². The van der Waals surface area contributed by atoms with Gasteiger partial charge in [0.15, 0.2) is 5.78 Å². The summed E-state index contributed by atoms with van der Waals surface area (Å²) in [6.45, 7) is 1.60. The first kappa shape index (κ1) is 13.6. The minimum atomic E-state index is -2.22. The number of ether oxygens (including phenoxy) is 1. The maximum Gasteiger partial charge on any atom is 0.348 e. The van der Waals surface area contributed by atoms with E-state index in [-0.39, 0.29) is 13.0 Å². The summed E-state index contributed by atoms with van der Waals surface area (Å²) in [5.74, 6) is -1.95. The molecule has 0 heterocycles. The summed E-state index contributed by atoms with van der Waals surface area (Å²) in [6.07, 6.45) is -2.37. The molecule has 0 saturated carbocycles. The number of alkyl halides is 1. The second-order valence-electron chi connectivity index (χ2n) is 3.38. The summed E-state index contributed by atoms with van der Waals surface area (Å²) in [7, 11) is 0. The van der Waals surface area contributed by atoms with Gasteiger partial charge in [0, 0.05) is 11.4 Å². The summed E-state index contributed by atoms with van der Waals surface area (Å²) >= 11 is 5.67. The van der Waals surface area contributed by atoms with Crippen LogP contribution in [0.2, 0.25) is 5.02 Å². The smallest absolute Gasteiger partial charge is 0.348 e. The van der Waals surface area contributed by atoms with Crippen molar-refractivity contribution >= 4 is 23.4 Å². The molecule has 0 fully saturated rings. The number of carbonyl (C=O) groups excluding carboxylic acids is 2. The van der Waals surface area contributed by atoms with Crippen molar-refractivity contribution in [1.82, 2.24) is 0 Å². The zero-order chi connectivity index (χ0) is 12.8. The van der Waals surface area contributed by atoms with Crippen molar-refractivity contribution in [2.75, 3.05) is 6.61 Å². The Balaban J connectivity index is 2.59. The fraction of sp³-hybridized carbons (Fsp3) is 0.333. The Morgan fingerprint density at radius 3 is 2.47 bits per heavy atom. The minimum absolute atomic E-state index is 0.0491. The third-order valence-electron chi connectivity index (χ3n) is 2.07. The van der Waals surface area contributed by atoms with Crippen molar-refractivity contribution in [3.63, 3.8) is 0 Å². The molecule has 0 unspecified atom stereocenters. The zero-order valence-electron chi connectivity index (χ0n) is 9.28. The molecular formula is C12H12ClFO3. The van der Waals surface area contributed by atoms with Gasteiger partial charge in [0.2, 0.25) is 0 Å².